The molecule has 4 rings (SSSR count). The van der Waals surface area contributed by atoms with Crippen molar-refractivity contribution in [2.45, 2.75) is 20.8 Å². The van der Waals surface area contributed by atoms with Crippen molar-refractivity contribution in [3.63, 3.8) is 0 Å². The predicted molar refractivity (Wildman–Crippen MR) is 136 cm³/mol. The van der Waals surface area contributed by atoms with Crippen molar-refractivity contribution in [2.75, 3.05) is 23.4 Å². The zero-order valence-corrected chi connectivity index (χ0v) is 19.8. The van der Waals surface area contributed by atoms with Gasteiger partial charge in [-0.25, -0.2) is 9.78 Å². The van der Waals surface area contributed by atoms with Crippen LogP contribution in [0.1, 0.15) is 26.3 Å². The van der Waals surface area contributed by atoms with E-state index in [2.05, 4.69) is 34.3 Å². The monoisotopic (exact) mass is 477 g/mol. The van der Waals surface area contributed by atoms with Gasteiger partial charge in [-0.1, -0.05) is 0 Å². The second-order valence-electron chi connectivity index (χ2n) is 7.49. The van der Waals surface area contributed by atoms with E-state index in [4.69, 9.17) is 4.42 Å². The summed E-state index contributed by atoms with van der Waals surface area (Å²) < 4.78 is 5.58. The molecule has 2 aromatic carbocycles. The Kier molecular flexibility index (Phi) is 6.69. The number of nitrogens with one attached hydrogen (secondary N) is 1. The number of thiazole rings is 1. The van der Waals surface area contributed by atoms with Gasteiger partial charge in [0.1, 0.15) is 5.58 Å². The summed E-state index contributed by atoms with van der Waals surface area (Å²) >= 11 is 1.34. The molecular formula is C24H23N5O4S. The molecule has 4 aromatic rings. The molecule has 2 heterocycles. The highest BCUT2D eigenvalue weighted by atomic mass is 32.1. The maximum Gasteiger partial charge on any atom is 0.345 e. The van der Waals surface area contributed by atoms with Gasteiger partial charge in [-0.05, 0) is 51.1 Å². The van der Waals surface area contributed by atoms with E-state index < -0.39 is 10.5 Å². The highest BCUT2D eigenvalue weighted by Gasteiger charge is 2.12. The molecule has 2 aromatic heterocycles. The van der Waals surface area contributed by atoms with E-state index >= 15 is 0 Å². The molecule has 174 valence electrons. The number of rotatable bonds is 8. The SMILES string of the molecule is CCN(CC)c1ccc2cc(/C(C)=N\Nc3nc(-c4ccc([N+](=O)[O-])cc4)cs3)c(=O)oc2c1. The fourth-order valence-corrected chi connectivity index (χ4v) is 4.20. The third-order valence-electron chi connectivity index (χ3n) is 5.44. The Morgan fingerprint density at radius 1 is 1.18 bits per heavy atom. The quantitative estimate of drug-likeness (QED) is 0.154. The van der Waals surface area contributed by atoms with Crippen molar-refractivity contribution < 1.29 is 9.34 Å². The fraction of sp³-hybridized carbons (Fsp3) is 0.208. The van der Waals surface area contributed by atoms with Gasteiger partial charge in [-0.15, -0.1) is 11.3 Å². The maximum atomic E-state index is 12.6. The van der Waals surface area contributed by atoms with Crippen LogP contribution in [0.4, 0.5) is 16.5 Å². The first kappa shape index (κ1) is 23.1. The van der Waals surface area contributed by atoms with Gasteiger partial charge in [-0.3, -0.25) is 15.5 Å². The number of hydrogen-bond donors (Lipinski definition) is 1. The lowest BCUT2D eigenvalue weighted by Gasteiger charge is -2.21. The lowest BCUT2D eigenvalue weighted by Crippen LogP contribution is -2.21. The number of non-ortho nitro benzene ring substituents is 1. The maximum absolute atomic E-state index is 12.6. The van der Waals surface area contributed by atoms with Crippen LogP contribution in [0.15, 0.2) is 68.2 Å². The smallest absolute Gasteiger partial charge is 0.345 e. The molecule has 34 heavy (non-hydrogen) atoms. The number of nitro benzene ring substituents is 1. The van der Waals surface area contributed by atoms with Crippen LogP contribution in [0.3, 0.4) is 0 Å². The minimum Gasteiger partial charge on any atom is -0.422 e. The Morgan fingerprint density at radius 2 is 1.91 bits per heavy atom. The van der Waals surface area contributed by atoms with E-state index in [-0.39, 0.29) is 5.69 Å². The lowest BCUT2D eigenvalue weighted by molar-refractivity contribution is -0.384. The van der Waals surface area contributed by atoms with Crippen molar-refractivity contribution in [3.05, 3.63) is 80.0 Å². The number of hydrazone groups is 1. The average Bonchev–Trinajstić information content (AvgIpc) is 3.32. The Balaban J connectivity index is 1.53. The third kappa shape index (κ3) is 4.81. The van der Waals surface area contributed by atoms with Gasteiger partial charge in [-0.2, -0.15) is 5.10 Å². The normalized spacial score (nSPS) is 11.6. The first-order chi connectivity index (χ1) is 16.4. The molecule has 0 aliphatic carbocycles. The van der Waals surface area contributed by atoms with Gasteiger partial charge < -0.3 is 9.32 Å². The van der Waals surface area contributed by atoms with Crippen LogP contribution in [0.25, 0.3) is 22.2 Å². The van der Waals surface area contributed by atoms with Crippen molar-refractivity contribution in [1.82, 2.24) is 4.98 Å². The topological polar surface area (TPSA) is 114 Å². The number of fused-ring (bicyclic) bond motifs is 1. The minimum absolute atomic E-state index is 0.0241. The molecule has 0 fully saturated rings. The Labute approximate surface area is 199 Å². The van der Waals surface area contributed by atoms with Crippen LogP contribution in [0.5, 0.6) is 0 Å². The van der Waals surface area contributed by atoms with Gasteiger partial charge in [0, 0.05) is 53.3 Å². The van der Waals surface area contributed by atoms with Crippen LogP contribution in [-0.4, -0.2) is 28.7 Å². The molecule has 1 N–H and O–H groups in total. The van der Waals surface area contributed by atoms with Gasteiger partial charge in [0.25, 0.3) is 5.69 Å². The second kappa shape index (κ2) is 9.84. The second-order valence-corrected chi connectivity index (χ2v) is 8.35. The highest BCUT2D eigenvalue weighted by molar-refractivity contribution is 7.14. The van der Waals surface area contributed by atoms with Crippen molar-refractivity contribution in [3.8, 4) is 11.3 Å². The van der Waals surface area contributed by atoms with Crippen LogP contribution < -0.4 is 16.0 Å². The summed E-state index contributed by atoms with van der Waals surface area (Å²) in [5, 5.41) is 18.3. The molecule has 9 nitrogen and oxygen atoms in total. The van der Waals surface area contributed by atoms with E-state index in [1.807, 2.05) is 23.6 Å². The Hall–Kier alpha value is -4.05. The van der Waals surface area contributed by atoms with Crippen LogP contribution in [0, 0.1) is 10.1 Å². The summed E-state index contributed by atoms with van der Waals surface area (Å²) in [6.45, 7) is 7.61. The predicted octanol–water partition coefficient (Wildman–Crippen LogP) is 5.51. The van der Waals surface area contributed by atoms with Crippen molar-refractivity contribution >= 4 is 44.5 Å². The summed E-state index contributed by atoms with van der Waals surface area (Å²) in [4.78, 5) is 29.6. The lowest BCUT2D eigenvalue weighted by atomic mass is 10.1. The fourth-order valence-electron chi connectivity index (χ4n) is 3.54. The molecule has 0 radical (unpaired) electrons. The molecular weight excluding hydrogens is 454 g/mol. The number of nitrogens with zero attached hydrogens (tertiary/aromatic N) is 4. The number of nitro groups is 1. The third-order valence-corrected chi connectivity index (χ3v) is 6.18. The molecule has 0 aliphatic heterocycles. The van der Waals surface area contributed by atoms with E-state index in [9.17, 15) is 14.9 Å². The van der Waals surface area contributed by atoms with Crippen LogP contribution in [-0.2, 0) is 0 Å². The van der Waals surface area contributed by atoms with E-state index in [1.165, 1.54) is 23.5 Å². The summed E-state index contributed by atoms with van der Waals surface area (Å²) in [5.41, 5.74) is 6.24. The number of benzene rings is 2. The summed E-state index contributed by atoms with van der Waals surface area (Å²) in [6.07, 6.45) is 0. The van der Waals surface area contributed by atoms with E-state index in [0.29, 0.717) is 27.7 Å². The summed E-state index contributed by atoms with van der Waals surface area (Å²) in [6, 6.07) is 13.8. The molecule has 0 aliphatic rings. The molecule has 0 unspecified atom stereocenters. The van der Waals surface area contributed by atoms with Crippen LogP contribution >= 0.6 is 11.3 Å². The largest absolute Gasteiger partial charge is 0.422 e. The first-order valence-corrected chi connectivity index (χ1v) is 11.6. The number of aromatic nitrogens is 1. The molecule has 0 spiro atoms. The molecule has 0 saturated heterocycles. The van der Waals surface area contributed by atoms with Gasteiger partial charge in [0.2, 0.25) is 5.13 Å². The summed E-state index contributed by atoms with van der Waals surface area (Å²) in [7, 11) is 0. The van der Waals surface area contributed by atoms with Gasteiger partial charge >= 0.3 is 5.63 Å². The Morgan fingerprint density at radius 3 is 2.59 bits per heavy atom. The van der Waals surface area contributed by atoms with Crippen molar-refractivity contribution in [2.24, 2.45) is 5.10 Å². The molecule has 0 atom stereocenters. The molecule has 10 heteroatoms. The average molecular weight is 478 g/mol. The minimum atomic E-state index is -0.460. The van der Waals surface area contributed by atoms with E-state index in [1.54, 1.807) is 25.1 Å². The standard InChI is InChI=1S/C24H23N5O4S/c1-4-28(5-2)19-11-8-17-12-20(23(30)33-22(17)13-19)15(3)26-27-24-25-21(14-34-24)16-6-9-18(10-7-16)29(31)32/h6-14H,4-5H2,1-3H3,(H,25,27)/b26-15-. The van der Waals surface area contributed by atoms with Gasteiger partial charge in [0.05, 0.1) is 21.9 Å². The molecule has 0 amide bonds. The molecule has 0 saturated carbocycles. The zero-order valence-electron chi connectivity index (χ0n) is 18.9. The van der Waals surface area contributed by atoms with Gasteiger partial charge in [0.15, 0.2) is 0 Å². The zero-order chi connectivity index (χ0) is 24.2. The molecule has 0 bridgehead atoms. The van der Waals surface area contributed by atoms with Crippen molar-refractivity contribution in [1.29, 1.82) is 0 Å². The first-order valence-electron chi connectivity index (χ1n) is 10.7. The Bertz CT molecular complexity index is 1420. The van der Waals surface area contributed by atoms with Crippen LogP contribution in [0.2, 0.25) is 0 Å². The summed E-state index contributed by atoms with van der Waals surface area (Å²) in [5.74, 6) is 0. The number of anilines is 2. The number of hydrogen-bond acceptors (Lipinski definition) is 9. The highest BCUT2D eigenvalue weighted by Crippen LogP contribution is 2.27. The van der Waals surface area contributed by atoms with E-state index in [0.717, 1.165) is 29.7 Å².